The van der Waals surface area contributed by atoms with Gasteiger partial charge in [-0.3, -0.25) is 14.6 Å². The molecular weight excluding hydrogens is 406 g/mol. The van der Waals surface area contributed by atoms with E-state index in [0.717, 1.165) is 65.5 Å². The number of carbonyl (C=O) groups excluding carboxylic acids is 2. The van der Waals surface area contributed by atoms with Gasteiger partial charge >= 0.3 is 5.97 Å². The summed E-state index contributed by atoms with van der Waals surface area (Å²) in [4.78, 5) is 30.7. The highest BCUT2D eigenvalue weighted by atomic mass is 79.9. The Morgan fingerprint density at radius 3 is 2.70 bits per heavy atom. The molecular formula is C22H24BrNO3. The second-order valence-corrected chi connectivity index (χ2v) is 8.66. The van der Waals surface area contributed by atoms with E-state index in [0.29, 0.717) is 6.42 Å². The summed E-state index contributed by atoms with van der Waals surface area (Å²) < 4.78 is 6.79. The van der Waals surface area contributed by atoms with E-state index in [1.807, 2.05) is 31.2 Å². The predicted molar refractivity (Wildman–Crippen MR) is 108 cm³/mol. The number of Topliss-reactive ketones (excluding diaryl/α,β-unsaturated/α-hetero) is 1. The highest BCUT2D eigenvalue weighted by Gasteiger charge is 2.43. The zero-order valence-electron chi connectivity index (χ0n) is 15.5. The third kappa shape index (κ3) is 3.66. The number of ketones is 1. The SMILES string of the molecule is CC1=NC2=C(C(=O)CCC2)[C@@H](c2cccc(Br)c2)C1C(=O)OC1CCCC1. The fraction of sp³-hybridized carbons (Fsp3) is 0.500. The fourth-order valence-corrected chi connectivity index (χ4v) is 5.03. The van der Waals surface area contributed by atoms with Gasteiger partial charge in [0.15, 0.2) is 5.78 Å². The number of allylic oxidation sites excluding steroid dienone is 2. The van der Waals surface area contributed by atoms with Crippen molar-refractivity contribution < 1.29 is 14.3 Å². The van der Waals surface area contributed by atoms with Crippen LogP contribution < -0.4 is 0 Å². The summed E-state index contributed by atoms with van der Waals surface area (Å²) in [5.74, 6) is -0.952. The Bertz CT molecular complexity index is 836. The van der Waals surface area contributed by atoms with Gasteiger partial charge in [-0.2, -0.15) is 0 Å². The molecule has 2 atom stereocenters. The lowest BCUT2D eigenvalue weighted by Gasteiger charge is -2.35. The highest BCUT2D eigenvalue weighted by molar-refractivity contribution is 9.10. The first-order chi connectivity index (χ1) is 13.0. The van der Waals surface area contributed by atoms with Crippen LogP contribution >= 0.6 is 15.9 Å². The first-order valence-corrected chi connectivity index (χ1v) is 10.6. The molecule has 4 rings (SSSR count). The number of benzene rings is 1. The third-order valence-electron chi connectivity index (χ3n) is 5.88. The van der Waals surface area contributed by atoms with Gasteiger partial charge in [0.25, 0.3) is 0 Å². The fourth-order valence-electron chi connectivity index (χ4n) is 4.62. The minimum Gasteiger partial charge on any atom is -0.462 e. The number of aliphatic imine (C=N–C) groups is 1. The number of nitrogens with zero attached hydrogens (tertiary/aromatic N) is 1. The first kappa shape index (κ1) is 18.6. The predicted octanol–water partition coefficient (Wildman–Crippen LogP) is 5.12. The zero-order valence-corrected chi connectivity index (χ0v) is 17.1. The summed E-state index contributed by atoms with van der Waals surface area (Å²) >= 11 is 3.53. The van der Waals surface area contributed by atoms with Crippen molar-refractivity contribution in [1.29, 1.82) is 0 Å². The minimum absolute atomic E-state index is 0.00546. The van der Waals surface area contributed by atoms with Gasteiger partial charge in [-0.25, -0.2) is 0 Å². The third-order valence-corrected chi connectivity index (χ3v) is 6.37. The summed E-state index contributed by atoms with van der Waals surface area (Å²) in [5, 5.41) is 0. The molecule has 0 amide bonds. The molecule has 0 spiro atoms. The van der Waals surface area contributed by atoms with E-state index in [1.165, 1.54) is 0 Å². The number of ether oxygens (including phenoxy) is 1. The minimum atomic E-state index is -0.527. The quantitative estimate of drug-likeness (QED) is 0.626. The van der Waals surface area contributed by atoms with Crippen molar-refractivity contribution in [3.8, 4) is 0 Å². The van der Waals surface area contributed by atoms with E-state index in [2.05, 4.69) is 15.9 Å². The largest absolute Gasteiger partial charge is 0.462 e. The number of hydrogen-bond donors (Lipinski definition) is 0. The molecule has 1 fully saturated rings. The average Bonchev–Trinajstić information content (AvgIpc) is 3.13. The lowest BCUT2D eigenvalue weighted by atomic mass is 9.72. The van der Waals surface area contributed by atoms with E-state index < -0.39 is 5.92 Å². The van der Waals surface area contributed by atoms with Crippen LogP contribution in [0.25, 0.3) is 0 Å². The summed E-state index contributed by atoms with van der Waals surface area (Å²) in [6, 6.07) is 7.91. The van der Waals surface area contributed by atoms with Crippen molar-refractivity contribution >= 4 is 33.4 Å². The van der Waals surface area contributed by atoms with Crippen LogP contribution in [0.1, 0.15) is 63.4 Å². The van der Waals surface area contributed by atoms with Crippen molar-refractivity contribution in [3.63, 3.8) is 0 Å². The maximum atomic E-state index is 13.2. The van der Waals surface area contributed by atoms with Gasteiger partial charge in [-0.15, -0.1) is 0 Å². The average molecular weight is 430 g/mol. The second kappa shape index (κ2) is 7.70. The van der Waals surface area contributed by atoms with E-state index in [-0.39, 0.29) is 23.8 Å². The van der Waals surface area contributed by atoms with Gasteiger partial charge in [0, 0.05) is 33.8 Å². The Kier molecular flexibility index (Phi) is 5.31. The molecule has 0 bridgehead atoms. The van der Waals surface area contributed by atoms with Crippen LogP contribution in [0.2, 0.25) is 0 Å². The number of rotatable bonds is 3. The molecule has 0 aromatic heterocycles. The van der Waals surface area contributed by atoms with Crippen molar-refractivity contribution in [2.24, 2.45) is 10.9 Å². The molecule has 0 saturated heterocycles. The van der Waals surface area contributed by atoms with Crippen molar-refractivity contribution in [3.05, 3.63) is 45.6 Å². The normalized spacial score (nSPS) is 26.0. The molecule has 1 aromatic carbocycles. The molecule has 2 aliphatic carbocycles. The standard InChI is InChI=1S/C22H24BrNO3/c1-13-19(22(26)27-16-8-2-3-9-16)20(14-6-4-7-15(23)12-14)21-17(24-13)10-5-11-18(21)25/h4,6-7,12,16,19-20H,2-3,5,8-11H2,1H3/t19?,20-/m0/s1. The van der Waals surface area contributed by atoms with Gasteiger partial charge in [0.1, 0.15) is 12.0 Å². The van der Waals surface area contributed by atoms with Gasteiger partial charge in [0.05, 0.1) is 0 Å². The maximum Gasteiger partial charge on any atom is 0.315 e. The van der Waals surface area contributed by atoms with Crippen LogP contribution in [0.3, 0.4) is 0 Å². The molecule has 1 aromatic rings. The number of halogens is 1. The smallest absolute Gasteiger partial charge is 0.315 e. The molecule has 4 nitrogen and oxygen atoms in total. The van der Waals surface area contributed by atoms with Crippen LogP contribution in [0.4, 0.5) is 0 Å². The molecule has 3 aliphatic rings. The van der Waals surface area contributed by atoms with E-state index >= 15 is 0 Å². The first-order valence-electron chi connectivity index (χ1n) is 9.82. The Hall–Kier alpha value is -1.75. The summed E-state index contributed by atoms with van der Waals surface area (Å²) in [6.07, 6.45) is 6.25. The monoisotopic (exact) mass is 429 g/mol. The Morgan fingerprint density at radius 1 is 1.19 bits per heavy atom. The lowest BCUT2D eigenvalue weighted by Crippen LogP contribution is -2.38. The van der Waals surface area contributed by atoms with Crippen LogP contribution in [0.15, 0.2) is 45.0 Å². The van der Waals surface area contributed by atoms with Crippen LogP contribution in [-0.2, 0) is 14.3 Å². The van der Waals surface area contributed by atoms with E-state index in [9.17, 15) is 9.59 Å². The van der Waals surface area contributed by atoms with E-state index in [1.54, 1.807) is 0 Å². The van der Waals surface area contributed by atoms with Gasteiger partial charge in [-0.05, 0) is 63.1 Å². The topological polar surface area (TPSA) is 55.7 Å². The molecule has 1 unspecified atom stereocenters. The number of carbonyl (C=O) groups is 2. The molecule has 0 N–H and O–H groups in total. The van der Waals surface area contributed by atoms with Gasteiger partial charge < -0.3 is 4.74 Å². The number of esters is 1. The van der Waals surface area contributed by atoms with Crippen molar-refractivity contribution in [2.45, 2.75) is 63.9 Å². The Labute approximate surface area is 168 Å². The summed E-state index contributed by atoms with van der Waals surface area (Å²) in [7, 11) is 0. The molecule has 1 aliphatic heterocycles. The van der Waals surface area contributed by atoms with Crippen molar-refractivity contribution in [1.82, 2.24) is 0 Å². The lowest BCUT2D eigenvalue weighted by molar-refractivity contribution is -0.151. The summed E-state index contributed by atoms with van der Waals surface area (Å²) in [5.41, 5.74) is 3.31. The molecule has 5 heteroatoms. The molecule has 1 saturated carbocycles. The second-order valence-electron chi connectivity index (χ2n) is 7.74. The molecule has 0 radical (unpaired) electrons. The van der Waals surface area contributed by atoms with Gasteiger partial charge in [-0.1, -0.05) is 28.1 Å². The Balaban J connectivity index is 1.76. The van der Waals surface area contributed by atoms with Crippen LogP contribution in [-0.4, -0.2) is 23.6 Å². The summed E-state index contributed by atoms with van der Waals surface area (Å²) in [6.45, 7) is 1.90. The number of hydrogen-bond acceptors (Lipinski definition) is 4. The molecule has 27 heavy (non-hydrogen) atoms. The van der Waals surface area contributed by atoms with Crippen LogP contribution in [0, 0.1) is 5.92 Å². The molecule has 1 heterocycles. The van der Waals surface area contributed by atoms with Gasteiger partial charge in [0.2, 0.25) is 0 Å². The molecule has 142 valence electrons. The Morgan fingerprint density at radius 2 is 1.96 bits per heavy atom. The maximum absolute atomic E-state index is 13.2. The van der Waals surface area contributed by atoms with Crippen LogP contribution in [0.5, 0.6) is 0 Å². The zero-order chi connectivity index (χ0) is 19.0. The highest BCUT2D eigenvalue weighted by Crippen LogP contribution is 2.44. The van der Waals surface area contributed by atoms with E-state index in [4.69, 9.17) is 9.73 Å². The van der Waals surface area contributed by atoms with Crippen molar-refractivity contribution in [2.75, 3.05) is 0 Å².